The summed E-state index contributed by atoms with van der Waals surface area (Å²) in [5.74, 6) is -1.41. The Balaban J connectivity index is 1.61. The summed E-state index contributed by atoms with van der Waals surface area (Å²) in [5, 5.41) is 27.5. The number of carbonyl (C=O) groups is 1. The standard InChI is InChI=1S/C23H15BFNO3/c25-19-12-16(24(28)29)8-10-17(19)23(27)26-20-11-7-15-5-4-13-2-1-3-14-6-9-18(20)22(15)21(13)14/h1-12,28-29H,(H,26,27). The average Bonchev–Trinajstić information content (AvgIpc) is 2.72. The summed E-state index contributed by atoms with van der Waals surface area (Å²) in [7, 11) is -1.79. The van der Waals surface area contributed by atoms with E-state index in [0.717, 1.165) is 38.4 Å². The lowest BCUT2D eigenvalue weighted by Gasteiger charge is -2.15. The van der Waals surface area contributed by atoms with E-state index in [9.17, 15) is 9.18 Å². The maximum atomic E-state index is 14.3. The van der Waals surface area contributed by atoms with Crippen molar-refractivity contribution >= 4 is 56.5 Å². The van der Waals surface area contributed by atoms with Gasteiger partial charge in [0, 0.05) is 11.1 Å². The van der Waals surface area contributed by atoms with Crippen LogP contribution in [0.2, 0.25) is 0 Å². The molecule has 5 aromatic rings. The molecule has 0 saturated heterocycles. The minimum Gasteiger partial charge on any atom is -0.423 e. The van der Waals surface area contributed by atoms with Crippen molar-refractivity contribution in [3.8, 4) is 0 Å². The SMILES string of the molecule is O=C(Nc1ccc2ccc3cccc4ccc1c2c34)c1ccc(B(O)O)cc1F. The van der Waals surface area contributed by atoms with Gasteiger partial charge in [-0.2, -0.15) is 0 Å². The molecule has 0 aliphatic heterocycles. The normalized spacial score (nSPS) is 11.4. The van der Waals surface area contributed by atoms with Gasteiger partial charge in [0.05, 0.1) is 5.56 Å². The molecule has 0 heterocycles. The summed E-state index contributed by atoms with van der Waals surface area (Å²) in [4.78, 5) is 12.7. The molecule has 5 rings (SSSR count). The number of rotatable bonds is 3. The van der Waals surface area contributed by atoms with Gasteiger partial charge in [0.2, 0.25) is 0 Å². The molecule has 3 N–H and O–H groups in total. The van der Waals surface area contributed by atoms with E-state index in [1.807, 2.05) is 36.4 Å². The van der Waals surface area contributed by atoms with Crippen LogP contribution in [-0.2, 0) is 0 Å². The van der Waals surface area contributed by atoms with Gasteiger partial charge in [0.1, 0.15) is 5.82 Å². The molecule has 140 valence electrons. The number of hydrogen-bond acceptors (Lipinski definition) is 3. The fourth-order valence-electron chi connectivity index (χ4n) is 3.91. The maximum absolute atomic E-state index is 14.3. The Bertz CT molecular complexity index is 1380. The predicted octanol–water partition coefficient (Wildman–Crippen LogP) is 3.66. The van der Waals surface area contributed by atoms with E-state index >= 15 is 0 Å². The highest BCUT2D eigenvalue weighted by atomic mass is 19.1. The van der Waals surface area contributed by atoms with Crippen LogP contribution in [0.25, 0.3) is 32.3 Å². The lowest BCUT2D eigenvalue weighted by atomic mass is 9.80. The van der Waals surface area contributed by atoms with Crippen LogP contribution in [0.1, 0.15) is 10.4 Å². The quantitative estimate of drug-likeness (QED) is 0.329. The Morgan fingerprint density at radius 3 is 2.17 bits per heavy atom. The van der Waals surface area contributed by atoms with Crippen molar-refractivity contribution in [2.24, 2.45) is 0 Å². The van der Waals surface area contributed by atoms with Gasteiger partial charge < -0.3 is 15.4 Å². The molecule has 29 heavy (non-hydrogen) atoms. The largest absolute Gasteiger partial charge is 0.488 e. The van der Waals surface area contributed by atoms with Gasteiger partial charge in [-0.1, -0.05) is 54.6 Å². The van der Waals surface area contributed by atoms with Crippen molar-refractivity contribution in [1.82, 2.24) is 0 Å². The molecule has 0 aliphatic rings. The molecule has 4 nitrogen and oxygen atoms in total. The second kappa shape index (κ2) is 6.55. The summed E-state index contributed by atoms with van der Waals surface area (Å²) >= 11 is 0. The smallest absolute Gasteiger partial charge is 0.423 e. The molecule has 0 aliphatic carbocycles. The second-order valence-electron chi connectivity index (χ2n) is 7.04. The molecule has 0 unspecified atom stereocenters. The fourth-order valence-corrected chi connectivity index (χ4v) is 3.91. The topological polar surface area (TPSA) is 69.6 Å². The number of anilines is 1. The van der Waals surface area contributed by atoms with Crippen molar-refractivity contribution in [2.75, 3.05) is 5.32 Å². The molecule has 0 bridgehead atoms. The van der Waals surface area contributed by atoms with Gasteiger partial charge in [-0.15, -0.1) is 0 Å². The van der Waals surface area contributed by atoms with E-state index in [1.54, 1.807) is 0 Å². The first-order valence-electron chi connectivity index (χ1n) is 9.16. The Morgan fingerprint density at radius 1 is 0.828 bits per heavy atom. The highest BCUT2D eigenvalue weighted by molar-refractivity contribution is 6.58. The van der Waals surface area contributed by atoms with E-state index in [-0.39, 0.29) is 11.0 Å². The number of carbonyl (C=O) groups excluding carboxylic acids is 1. The number of hydrogen-bond donors (Lipinski definition) is 3. The van der Waals surface area contributed by atoms with Gasteiger partial charge in [-0.25, -0.2) is 4.39 Å². The molecule has 6 heteroatoms. The number of amides is 1. The molecule has 0 saturated carbocycles. The number of benzene rings is 5. The third kappa shape index (κ3) is 2.81. The first kappa shape index (κ1) is 17.6. The van der Waals surface area contributed by atoms with Crippen molar-refractivity contribution in [2.45, 2.75) is 0 Å². The lowest BCUT2D eigenvalue weighted by molar-refractivity contribution is 0.102. The predicted molar refractivity (Wildman–Crippen MR) is 114 cm³/mol. The van der Waals surface area contributed by atoms with Gasteiger partial charge in [-0.05, 0) is 50.6 Å². The van der Waals surface area contributed by atoms with E-state index < -0.39 is 18.8 Å². The number of nitrogens with one attached hydrogen (secondary N) is 1. The highest BCUT2D eigenvalue weighted by Gasteiger charge is 2.18. The van der Waals surface area contributed by atoms with Crippen molar-refractivity contribution in [3.05, 3.63) is 84.2 Å². The summed E-state index contributed by atoms with van der Waals surface area (Å²) in [5.41, 5.74) is 0.410. The zero-order valence-electron chi connectivity index (χ0n) is 15.2. The van der Waals surface area contributed by atoms with E-state index in [0.29, 0.717) is 5.69 Å². The molecule has 0 atom stereocenters. The summed E-state index contributed by atoms with van der Waals surface area (Å²) in [6.07, 6.45) is 0. The first-order chi connectivity index (χ1) is 14.0. The zero-order valence-corrected chi connectivity index (χ0v) is 15.2. The minimum absolute atomic E-state index is 0.0122. The first-order valence-corrected chi connectivity index (χ1v) is 9.16. The second-order valence-corrected chi connectivity index (χ2v) is 7.04. The lowest BCUT2D eigenvalue weighted by Crippen LogP contribution is -2.30. The van der Waals surface area contributed by atoms with Crippen LogP contribution in [0, 0.1) is 5.82 Å². The number of halogens is 1. The van der Waals surface area contributed by atoms with Gasteiger partial charge in [0.25, 0.3) is 5.91 Å². The van der Waals surface area contributed by atoms with E-state index in [4.69, 9.17) is 10.0 Å². The molecule has 0 aromatic heterocycles. The monoisotopic (exact) mass is 383 g/mol. The van der Waals surface area contributed by atoms with Crippen LogP contribution in [0.3, 0.4) is 0 Å². The molecule has 0 fully saturated rings. The Morgan fingerprint density at radius 2 is 1.48 bits per heavy atom. The van der Waals surface area contributed by atoms with Crippen molar-refractivity contribution in [1.29, 1.82) is 0 Å². The molecule has 1 amide bonds. The summed E-state index contributed by atoms with van der Waals surface area (Å²) in [6.45, 7) is 0. The van der Waals surface area contributed by atoms with Crippen LogP contribution in [0.15, 0.2) is 72.8 Å². The van der Waals surface area contributed by atoms with Crippen LogP contribution in [-0.4, -0.2) is 23.1 Å². The van der Waals surface area contributed by atoms with Crippen LogP contribution < -0.4 is 10.8 Å². The van der Waals surface area contributed by atoms with E-state index in [2.05, 4.69) is 23.5 Å². The van der Waals surface area contributed by atoms with Crippen LogP contribution in [0.4, 0.5) is 10.1 Å². The van der Waals surface area contributed by atoms with Crippen molar-refractivity contribution in [3.63, 3.8) is 0 Å². The van der Waals surface area contributed by atoms with Gasteiger partial charge in [-0.3, -0.25) is 4.79 Å². The Kier molecular flexibility index (Phi) is 3.98. The third-order valence-corrected chi connectivity index (χ3v) is 5.31. The summed E-state index contributed by atoms with van der Waals surface area (Å²) in [6, 6.07) is 21.5. The van der Waals surface area contributed by atoms with Crippen LogP contribution >= 0.6 is 0 Å². The van der Waals surface area contributed by atoms with Gasteiger partial charge >= 0.3 is 7.12 Å². The average molecular weight is 383 g/mol. The zero-order chi connectivity index (χ0) is 20.1. The molecule has 0 radical (unpaired) electrons. The Labute approximate surface area is 165 Å². The highest BCUT2D eigenvalue weighted by Crippen LogP contribution is 2.37. The maximum Gasteiger partial charge on any atom is 0.488 e. The third-order valence-electron chi connectivity index (χ3n) is 5.31. The molecule has 5 aromatic carbocycles. The Hall–Kier alpha value is -3.48. The van der Waals surface area contributed by atoms with Crippen LogP contribution in [0.5, 0.6) is 0 Å². The molecular weight excluding hydrogens is 368 g/mol. The molecular formula is C23H15BFNO3. The van der Waals surface area contributed by atoms with E-state index in [1.165, 1.54) is 12.1 Å². The minimum atomic E-state index is -1.79. The molecule has 0 spiro atoms. The van der Waals surface area contributed by atoms with Gasteiger partial charge in [0.15, 0.2) is 0 Å². The fraction of sp³-hybridized carbons (Fsp3) is 0. The van der Waals surface area contributed by atoms with Crippen molar-refractivity contribution < 1.29 is 19.2 Å². The summed E-state index contributed by atoms with van der Waals surface area (Å²) < 4.78 is 14.3.